The van der Waals surface area contributed by atoms with Gasteiger partial charge < -0.3 is 0 Å². The van der Waals surface area contributed by atoms with Crippen molar-refractivity contribution in [2.24, 2.45) is 0 Å². The number of hydrogen-bond donors (Lipinski definition) is 0. The lowest BCUT2D eigenvalue weighted by Crippen LogP contribution is -1.76. The maximum atomic E-state index is 4.86. The first-order valence-electron chi connectivity index (χ1n) is 1.91. The van der Waals surface area contributed by atoms with Gasteiger partial charge in [0, 0.05) is 0 Å². The second-order valence-electron chi connectivity index (χ2n) is 1.17. The van der Waals surface area contributed by atoms with Crippen LogP contribution >= 0.6 is 18.7 Å². The lowest BCUT2D eigenvalue weighted by molar-refractivity contribution is 2.17. The second-order valence-corrected chi connectivity index (χ2v) is 3.56. The molecule has 7 heavy (non-hydrogen) atoms. The molecule has 1 heterocycles. The summed E-state index contributed by atoms with van der Waals surface area (Å²) >= 11 is 6.58. The lowest BCUT2D eigenvalue weighted by atomic mass is 10.7. The topological polar surface area (TPSA) is 0 Å². The average Bonchev–Trinajstić information content (AvgIpc) is 2.14. The molecule has 0 bridgehead atoms. The van der Waals surface area contributed by atoms with Gasteiger partial charge >= 0.3 is 0 Å². The molecule has 1 unspecified atom stereocenters. The van der Waals surface area contributed by atoms with Crippen molar-refractivity contribution in [3.63, 3.8) is 0 Å². The van der Waals surface area contributed by atoms with Gasteiger partial charge in [-0.15, -0.1) is 0 Å². The molecule has 0 aromatic carbocycles. The van der Waals surface area contributed by atoms with Gasteiger partial charge in [-0.2, -0.15) is 11.3 Å². The molecule has 0 nitrogen and oxygen atoms in total. The van der Waals surface area contributed by atoms with Crippen molar-refractivity contribution in [1.29, 1.82) is 0 Å². The highest BCUT2D eigenvalue weighted by atomic mass is 32.4. The van der Waals surface area contributed by atoms with Crippen molar-refractivity contribution >= 4 is 35.8 Å². The molecule has 0 N–H and O–H groups in total. The van der Waals surface area contributed by atoms with Crippen LogP contribution in [0.1, 0.15) is 0 Å². The van der Waals surface area contributed by atoms with Crippen LogP contribution in [0.15, 0.2) is 16.8 Å². The third-order valence-electron chi connectivity index (χ3n) is 0.679. The first-order valence-corrected chi connectivity index (χ1v) is 5.31. The number of hydrogen-bond acceptors (Lipinski definition) is 2. The van der Waals surface area contributed by atoms with E-state index in [1.54, 1.807) is 11.3 Å². The van der Waals surface area contributed by atoms with E-state index in [9.17, 15) is 0 Å². The number of thiophene rings is 1. The van der Waals surface area contributed by atoms with E-state index in [1.807, 2.05) is 0 Å². The summed E-state index contributed by atoms with van der Waals surface area (Å²) in [5.74, 6) is 0. The maximum absolute atomic E-state index is 4.86. The van der Waals surface area contributed by atoms with Crippen LogP contribution in [0.3, 0.4) is 0 Å². The summed E-state index contributed by atoms with van der Waals surface area (Å²) in [6.07, 6.45) is 0. The quantitative estimate of drug-likeness (QED) is 0.540. The fraction of sp³-hybridized carbons (Fsp3) is 0. The van der Waals surface area contributed by atoms with Crippen LogP contribution in [0.5, 0.6) is 0 Å². The first-order chi connectivity index (χ1) is 3.43. The third kappa shape index (κ3) is 1.37. The molecule has 1 aromatic heterocycles. The van der Waals surface area contributed by atoms with Gasteiger partial charge in [-0.25, -0.2) is 0 Å². The summed E-state index contributed by atoms with van der Waals surface area (Å²) in [7, 11) is 0.138. The molecule has 38 valence electrons. The van der Waals surface area contributed by atoms with Gasteiger partial charge in [0.15, 0.2) is 0 Å². The molecule has 1 rings (SSSR count). The highest BCUT2D eigenvalue weighted by Gasteiger charge is 1.78. The second kappa shape index (κ2) is 2.61. The van der Waals surface area contributed by atoms with Gasteiger partial charge in [0.2, 0.25) is 0 Å². The minimum absolute atomic E-state index is 0.138. The van der Waals surface area contributed by atoms with Gasteiger partial charge in [-0.05, 0) is 29.5 Å². The van der Waals surface area contributed by atoms with Gasteiger partial charge in [0.1, 0.15) is 0 Å². The average molecular weight is 148 g/mol. The minimum Gasteiger partial charge on any atom is -0.152 e. The Morgan fingerprint density at radius 3 is 2.86 bits per heavy atom. The Labute approximate surface area is 53.0 Å². The molecule has 0 saturated carbocycles. The van der Waals surface area contributed by atoms with E-state index in [4.69, 9.17) is 11.8 Å². The van der Waals surface area contributed by atoms with Crippen LogP contribution in [-0.2, 0) is 11.8 Å². The van der Waals surface area contributed by atoms with E-state index in [0.29, 0.717) is 0 Å². The van der Waals surface area contributed by atoms with Gasteiger partial charge in [-0.1, -0.05) is 11.8 Å². The van der Waals surface area contributed by atoms with E-state index < -0.39 is 0 Å². The van der Waals surface area contributed by atoms with Gasteiger partial charge in [0.25, 0.3) is 0 Å². The summed E-state index contributed by atoms with van der Waals surface area (Å²) in [6.45, 7) is 0. The maximum Gasteiger partial charge on any atom is -0.00135 e. The van der Waals surface area contributed by atoms with E-state index in [1.165, 1.54) is 5.30 Å². The fourth-order valence-corrected chi connectivity index (χ4v) is 2.40. The largest absolute Gasteiger partial charge is 0.152 e. The Morgan fingerprint density at radius 1 is 1.71 bits per heavy atom. The van der Waals surface area contributed by atoms with E-state index in [0.717, 1.165) is 0 Å². The molecule has 0 aliphatic heterocycles. The Kier molecular flexibility index (Phi) is 2.04. The molecular formula is C4H5PS2. The molecule has 1 aromatic rings. The first kappa shape index (κ1) is 5.49. The smallest absolute Gasteiger partial charge is 0.00135 e. The SMILES string of the molecule is S=[PH2]c1ccsc1. The Morgan fingerprint density at radius 2 is 2.57 bits per heavy atom. The molecule has 3 heteroatoms. The zero-order valence-corrected chi connectivity index (χ0v) is 6.41. The molecule has 0 radical (unpaired) electrons. The highest BCUT2D eigenvalue weighted by Crippen LogP contribution is 1.99. The monoisotopic (exact) mass is 148 g/mol. The predicted octanol–water partition coefficient (Wildman–Crippen LogP) is 1.25. The van der Waals surface area contributed by atoms with E-state index in [2.05, 4.69) is 16.8 Å². The van der Waals surface area contributed by atoms with Gasteiger partial charge in [-0.3, -0.25) is 0 Å². The predicted molar refractivity (Wildman–Crippen MR) is 41.0 cm³/mol. The summed E-state index contributed by atoms with van der Waals surface area (Å²) in [5, 5.41) is 5.52. The van der Waals surface area contributed by atoms with E-state index >= 15 is 0 Å². The fourth-order valence-electron chi connectivity index (χ4n) is 0.342. The third-order valence-corrected chi connectivity index (χ3v) is 3.07. The summed E-state index contributed by atoms with van der Waals surface area (Å²) in [4.78, 5) is 0. The Hall–Kier alpha value is 0.350. The zero-order chi connectivity index (χ0) is 5.11. The van der Waals surface area contributed by atoms with Crippen LogP contribution in [0.4, 0.5) is 0 Å². The van der Waals surface area contributed by atoms with Crippen molar-refractivity contribution in [2.45, 2.75) is 0 Å². The Balaban J connectivity index is 2.96. The normalized spacial score (nSPS) is 10.9. The summed E-state index contributed by atoms with van der Waals surface area (Å²) in [6, 6.07) is 2.09. The molecule has 0 fully saturated rings. The van der Waals surface area contributed by atoms with Crippen LogP contribution < -0.4 is 5.30 Å². The number of rotatable bonds is 1. The molecule has 1 atom stereocenters. The van der Waals surface area contributed by atoms with Crippen LogP contribution in [0.2, 0.25) is 0 Å². The molecule has 0 aliphatic rings. The van der Waals surface area contributed by atoms with Crippen molar-refractivity contribution in [2.75, 3.05) is 0 Å². The van der Waals surface area contributed by atoms with Crippen molar-refractivity contribution in [1.82, 2.24) is 0 Å². The van der Waals surface area contributed by atoms with Gasteiger partial charge in [0.05, 0.1) is 0 Å². The zero-order valence-electron chi connectivity index (χ0n) is 3.63. The molecule has 0 aliphatic carbocycles. The van der Waals surface area contributed by atoms with E-state index in [-0.39, 0.29) is 7.36 Å². The van der Waals surface area contributed by atoms with Crippen molar-refractivity contribution in [3.8, 4) is 0 Å². The van der Waals surface area contributed by atoms with Crippen molar-refractivity contribution < 1.29 is 0 Å². The summed E-state index contributed by atoms with van der Waals surface area (Å²) < 4.78 is 0. The molecular weight excluding hydrogens is 143 g/mol. The molecule has 0 amide bonds. The molecule has 0 saturated heterocycles. The Bertz CT molecular complexity index is 145. The standard InChI is InChI=1S/C4H5PS2/c6-5-4-1-2-7-3-4/h1-3H,5H2. The molecule has 0 spiro atoms. The van der Waals surface area contributed by atoms with Crippen molar-refractivity contribution in [3.05, 3.63) is 16.8 Å². The highest BCUT2D eigenvalue weighted by molar-refractivity contribution is 7.99. The van der Waals surface area contributed by atoms with Crippen LogP contribution in [0, 0.1) is 0 Å². The van der Waals surface area contributed by atoms with Crippen LogP contribution in [-0.4, -0.2) is 0 Å². The lowest BCUT2D eigenvalue weighted by Gasteiger charge is -1.70. The minimum atomic E-state index is 0.138. The van der Waals surface area contributed by atoms with Crippen LogP contribution in [0.25, 0.3) is 0 Å². The summed E-state index contributed by atoms with van der Waals surface area (Å²) in [5.41, 5.74) is 0.